The van der Waals surface area contributed by atoms with Crippen molar-refractivity contribution in [2.75, 3.05) is 11.1 Å². The summed E-state index contributed by atoms with van der Waals surface area (Å²) in [6, 6.07) is 21.7. The number of aliphatic hydroxyl groups excluding tert-OH is 1. The number of unbranched alkanes of at least 4 members (excludes halogenated alkanes) is 2. The van der Waals surface area contributed by atoms with Gasteiger partial charge in [-0.1, -0.05) is 42.8 Å². The lowest BCUT2D eigenvalue weighted by atomic mass is 10.0. The Labute approximate surface area is 254 Å². The fraction of sp³-hybridized carbons (Fsp3) is 0.344. The average Bonchev–Trinajstić information content (AvgIpc) is 3.04. The smallest absolute Gasteiger partial charge is 0.335 e. The molecule has 1 aliphatic heterocycles. The highest BCUT2D eigenvalue weighted by molar-refractivity contribution is 7.99. The van der Waals surface area contributed by atoms with Crippen LogP contribution in [-0.2, 0) is 25.7 Å². The van der Waals surface area contributed by atoms with E-state index in [-0.39, 0.29) is 36.7 Å². The van der Waals surface area contributed by atoms with Gasteiger partial charge in [-0.2, -0.15) is 0 Å². The van der Waals surface area contributed by atoms with E-state index in [9.17, 15) is 19.5 Å². The van der Waals surface area contributed by atoms with Crippen LogP contribution >= 0.6 is 11.8 Å². The first-order valence-corrected chi connectivity index (χ1v) is 15.1. The predicted octanol–water partition coefficient (Wildman–Crippen LogP) is 5.61. The van der Waals surface area contributed by atoms with Crippen LogP contribution in [0, 0.1) is 0 Å². The first-order chi connectivity index (χ1) is 20.8. The van der Waals surface area contributed by atoms with Crippen LogP contribution in [0.4, 0.5) is 5.69 Å². The number of thioether (sulfide) groups is 1. The van der Waals surface area contributed by atoms with Gasteiger partial charge < -0.3 is 25.0 Å². The summed E-state index contributed by atoms with van der Waals surface area (Å²) in [6.45, 7) is -0.0380. The molecule has 228 valence electrons. The highest BCUT2D eigenvalue weighted by Gasteiger charge is 2.32. The van der Waals surface area contributed by atoms with Crippen molar-refractivity contribution in [3.05, 3.63) is 95.1 Å². The van der Waals surface area contributed by atoms with E-state index in [0.717, 1.165) is 21.6 Å². The molecular weight excluding hydrogens is 572 g/mol. The number of amides is 2. The standard InChI is InChI=1S/C32H36N2O8S/c35-19-21-6-8-22(9-7-21)28-18-26(20-43-27-16-12-23(13-17-27)31(38)39)41-32(42-28)24-10-14-25(15-11-24)33-29(36)4-2-1-3-5-30(37)34-40/h6-17,26,28,32,35,40H,1-5,18-20H2,(H,33,36)(H,34,37)(H,38,39)/t26-,28+,32+/m1/s1. The molecule has 2 amide bonds. The lowest BCUT2D eigenvalue weighted by Crippen LogP contribution is -2.31. The van der Waals surface area contributed by atoms with Crippen molar-refractivity contribution in [1.82, 2.24) is 5.48 Å². The molecule has 3 aromatic rings. The Bertz CT molecular complexity index is 1350. The Morgan fingerprint density at radius 2 is 1.47 bits per heavy atom. The largest absolute Gasteiger partial charge is 0.478 e. The number of hydrogen-bond donors (Lipinski definition) is 5. The van der Waals surface area contributed by atoms with Gasteiger partial charge in [-0.3, -0.25) is 14.8 Å². The number of hydroxylamine groups is 1. The third-order valence-corrected chi connectivity index (χ3v) is 8.20. The number of aliphatic hydroxyl groups is 1. The highest BCUT2D eigenvalue weighted by Crippen LogP contribution is 2.39. The van der Waals surface area contributed by atoms with Gasteiger partial charge in [0.15, 0.2) is 6.29 Å². The molecular formula is C32H36N2O8S. The van der Waals surface area contributed by atoms with Crippen LogP contribution in [0.2, 0.25) is 0 Å². The molecule has 3 aromatic carbocycles. The second-order valence-corrected chi connectivity index (χ2v) is 11.3. The summed E-state index contributed by atoms with van der Waals surface area (Å²) in [7, 11) is 0. The maximum atomic E-state index is 12.4. The molecule has 1 fully saturated rings. The molecule has 0 saturated carbocycles. The van der Waals surface area contributed by atoms with Crippen molar-refractivity contribution in [2.45, 2.75) is 68.5 Å². The minimum absolute atomic E-state index is 0.0380. The third-order valence-electron chi connectivity index (χ3n) is 7.05. The SMILES string of the molecule is O=C(CCCCCC(=O)Nc1ccc([C@H]2O[C@@H](CSc3ccc(C(=O)O)cc3)C[C@@H](c3ccc(CO)cc3)O2)cc1)NO. The monoisotopic (exact) mass is 608 g/mol. The Morgan fingerprint density at radius 3 is 2.09 bits per heavy atom. The van der Waals surface area contributed by atoms with Crippen molar-refractivity contribution >= 4 is 35.2 Å². The topological polar surface area (TPSA) is 154 Å². The van der Waals surface area contributed by atoms with Gasteiger partial charge in [0.2, 0.25) is 11.8 Å². The molecule has 1 aliphatic rings. The van der Waals surface area contributed by atoms with Crippen LogP contribution in [0.5, 0.6) is 0 Å². The van der Waals surface area contributed by atoms with Gasteiger partial charge in [-0.05, 0) is 60.4 Å². The van der Waals surface area contributed by atoms with Gasteiger partial charge in [-0.25, -0.2) is 10.3 Å². The van der Waals surface area contributed by atoms with E-state index in [0.29, 0.717) is 43.5 Å². The van der Waals surface area contributed by atoms with Crippen LogP contribution < -0.4 is 10.8 Å². The number of carboxylic acid groups (broad SMARTS) is 1. The minimum atomic E-state index is -0.963. The lowest BCUT2D eigenvalue weighted by molar-refractivity contribution is -0.245. The molecule has 0 spiro atoms. The molecule has 3 atom stereocenters. The Balaban J connectivity index is 1.37. The Kier molecular flexibility index (Phi) is 12.1. The van der Waals surface area contributed by atoms with Crippen molar-refractivity contribution in [2.24, 2.45) is 0 Å². The molecule has 1 saturated heterocycles. The number of rotatable bonds is 14. The summed E-state index contributed by atoms with van der Waals surface area (Å²) in [6.07, 6.45) is 2.06. The Hall–Kier alpha value is -3.74. The molecule has 0 unspecified atom stereocenters. The molecule has 1 heterocycles. The summed E-state index contributed by atoms with van der Waals surface area (Å²) in [5.74, 6) is -0.881. The van der Waals surface area contributed by atoms with Crippen LogP contribution in [0.3, 0.4) is 0 Å². The van der Waals surface area contributed by atoms with Gasteiger partial charge in [0.25, 0.3) is 0 Å². The summed E-state index contributed by atoms with van der Waals surface area (Å²) in [5, 5.41) is 30.0. The van der Waals surface area contributed by atoms with Gasteiger partial charge in [0.1, 0.15) is 0 Å². The molecule has 5 N–H and O–H groups in total. The molecule has 0 bridgehead atoms. The number of benzene rings is 3. The van der Waals surface area contributed by atoms with Crippen molar-refractivity contribution in [3.63, 3.8) is 0 Å². The number of carbonyl (C=O) groups is 3. The van der Waals surface area contributed by atoms with E-state index >= 15 is 0 Å². The molecule has 43 heavy (non-hydrogen) atoms. The lowest BCUT2D eigenvalue weighted by Gasteiger charge is -2.36. The molecule has 0 radical (unpaired) electrons. The van der Waals surface area contributed by atoms with E-state index in [1.54, 1.807) is 53.6 Å². The van der Waals surface area contributed by atoms with E-state index in [1.165, 1.54) is 0 Å². The molecule has 11 heteroatoms. The molecule has 0 aliphatic carbocycles. The number of carboxylic acids is 1. The van der Waals surface area contributed by atoms with Crippen LogP contribution in [0.15, 0.2) is 77.7 Å². The summed E-state index contributed by atoms with van der Waals surface area (Å²) < 4.78 is 12.8. The minimum Gasteiger partial charge on any atom is -0.478 e. The number of nitrogens with one attached hydrogen (secondary N) is 2. The number of hydrogen-bond acceptors (Lipinski definition) is 8. The zero-order chi connectivity index (χ0) is 30.6. The van der Waals surface area contributed by atoms with Crippen LogP contribution in [0.25, 0.3) is 0 Å². The fourth-order valence-corrected chi connectivity index (χ4v) is 5.58. The zero-order valence-corrected chi connectivity index (χ0v) is 24.4. The number of ether oxygens (including phenoxy) is 2. The highest BCUT2D eigenvalue weighted by atomic mass is 32.2. The summed E-state index contributed by atoms with van der Waals surface area (Å²) >= 11 is 1.58. The summed E-state index contributed by atoms with van der Waals surface area (Å²) in [5.41, 5.74) is 5.09. The van der Waals surface area contributed by atoms with E-state index in [4.69, 9.17) is 19.8 Å². The van der Waals surface area contributed by atoms with Gasteiger partial charge in [0.05, 0.1) is 24.4 Å². The maximum Gasteiger partial charge on any atom is 0.335 e. The third kappa shape index (κ3) is 9.91. The zero-order valence-electron chi connectivity index (χ0n) is 23.6. The number of carbonyl (C=O) groups excluding carboxylic acids is 2. The number of aromatic carboxylic acids is 1. The van der Waals surface area contributed by atoms with E-state index in [2.05, 4.69) is 5.32 Å². The van der Waals surface area contributed by atoms with Crippen molar-refractivity contribution < 1.29 is 39.3 Å². The first-order valence-electron chi connectivity index (χ1n) is 14.1. The van der Waals surface area contributed by atoms with Crippen molar-refractivity contribution in [3.8, 4) is 0 Å². The molecule has 0 aromatic heterocycles. The fourth-order valence-electron chi connectivity index (χ4n) is 4.66. The number of anilines is 1. The van der Waals surface area contributed by atoms with Gasteiger partial charge in [0, 0.05) is 41.2 Å². The van der Waals surface area contributed by atoms with E-state index in [1.807, 2.05) is 36.4 Å². The van der Waals surface area contributed by atoms with Crippen LogP contribution in [-0.4, -0.2) is 45.1 Å². The van der Waals surface area contributed by atoms with E-state index < -0.39 is 18.2 Å². The predicted molar refractivity (Wildman–Crippen MR) is 161 cm³/mol. The van der Waals surface area contributed by atoms with Gasteiger partial charge in [-0.15, -0.1) is 11.8 Å². The van der Waals surface area contributed by atoms with Gasteiger partial charge >= 0.3 is 5.97 Å². The quantitative estimate of drug-likeness (QED) is 0.0680. The maximum absolute atomic E-state index is 12.4. The molecule has 10 nitrogen and oxygen atoms in total. The second kappa shape index (κ2) is 16.2. The average molecular weight is 609 g/mol. The normalized spacial score (nSPS) is 18.1. The first kappa shape index (κ1) is 32.2. The molecule has 4 rings (SSSR count). The second-order valence-electron chi connectivity index (χ2n) is 10.3. The Morgan fingerprint density at radius 1 is 0.814 bits per heavy atom. The van der Waals surface area contributed by atoms with Crippen LogP contribution in [0.1, 0.15) is 78.0 Å². The van der Waals surface area contributed by atoms with Crippen molar-refractivity contribution in [1.29, 1.82) is 0 Å². The summed E-state index contributed by atoms with van der Waals surface area (Å²) in [4.78, 5) is 35.5.